The van der Waals surface area contributed by atoms with E-state index >= 15 is 0 Å². The van der Waals surface area contributed by atoms with Gasteiger partial charge in [-0.2, -0.15) is 0 Å². The zero-order valence-corrected chi connectivity index (χ0v) is 11.8. The van der Waals surface area contributed by atoms with Crippen molar-refractivity contribution in [3.8, 4) is 0 Å². The molecule has 0 aromatic heterocycles. The molecule has 0 spiro atoms. The van der Waals surface area contributed by atoms with E-state index in [-0.39, 0.29) is 11.7 Å². The molecule has 1 nitrogen and oxygen atoms in total. The zero-order valence-electron chi connectivity index (χ0n) is 11.8. The van der Waals surface area contributed by atoms with Crippen molar-refractivity contribution >= 4 is 5.78 Å². The van der Waals surface area contributed by atoms with Gasteiger partial charge in [0.2, 0.25) is 0 Å². The summed E-state index contributed by atoms with van der Waals surface area (Å²) in [6.07, 6.45) is 5.71. The van der Waals surface area contributed by atoms with Gasteiger partial charge in [0.15, 0.2) is 5.78 Å². The average Bonchev–Trinajstić information content (AvgIpc) is 2.50. The first-order valence-electron chi connectivity index (χ1n) is 7.13. The third-order valence-corrected chi connectivity index (χ3v) is 3.29. The van der Waals surface area contributed by atoms with Crippen molar-refractivity contribution in [1.29, 1.82) is 0 Å². The summed E-state index contributed by atoms with van der Waals surface area (Å²) in [6.45, 7) is 2.11. The second-order valence-electron chi connectivity index (χ2n) is 4.85. The maximum atomic E-state index is 12.5. The quantitative estimate of drug-likeness (QED) is 0.688. The van der Waals surface area contributed by atoms with Gasteiger partial charge in [-0.3, -0.25) is 4.79 Å². The third-order valence-electron chi connectivity index (χ3n) is 3.29. The van der Waals surface area contributed by atoms with Crippen molar-refractivity contribution in [3.63, 3.8) is 0 Å². The lowest BCUT2D eigenvalue weighted by atomic mass is 9.87. The first kappa shape index (κ1) is 14.3. The van der Waals surface area contributed by atoms with Gasteiger partial charge in [-0.25, -0.2) is 0 Å². The molecule has 20 heavy (non-hydrogen) atoms. The highest BCUT2D eigenvalue weighted by atomic mass is 16.1. The predicted molar refractivity (Wildman–Crippen MR) is 83.8 cm³/mol. The van der Waals surface area contributed by atoms with Crippen LogP contribution in [-0.4, -0.2) is 5.78 Å². The summed E-state index contributed by atoms with van der Waals surface area (Å²) in [5.41, 5.74) is 2.09. The first-order valence-corrected chi connectivity index (χ1v) is 7.13. The normalized spacial score (nSPS) is 11.1. The number of rotatable bonds is 6. The van der Waals surface area contributed by atoms with Gasteiger partial charge in [-0.05, 0) is 23.6 Å². The van der Waals surface area contributed by atoms with Gasteiger partial charge in [-0.1, -0.05) is 80.1 Å². The minimum Gasteiger partial charge on any atom is -0.294 e. The van der Waals surface area contributed by atoms with Gasteiger partial charge in [0.25, 0.3) is 0 Å². The Morgan fingerprint density at radius 2 is 1.45 bits per heavy atom. The van der Waals surface area contributed by atoms with E-state index in [2.05, 4.69) is 6.92 Å². The van der Waals surface area contributed by atoms with E-state index in [4.69, 9.17) is 0 Å². The maximum absolute atomic E-state index is 12.5. The van der Waals surface area contributed by atoms with Gasteiger partial charge in [0.05, 0.1) is 5.92 Å². The van der Waals surface area contributed by atoms with E-state index in [1.807, 2.05) is 66.7 Å². The van der Waals surface area contributed by atoms with Crippen LogP contribution in [0.1, 0.15) is 36.8 Å². The summed E-state index contributed by atoms with van der Waals surface area (Å²) in [5.74, 6) is -0.0543. The Kier molecular flexibility index (Phi) is 5.31. The number of allylic oxidation sites excluding steroid dienone is 2. The molecule has 0 radical (unpaired) electrons. The van der Waals surface area contributed by atoms with Crippen molar-refractivity contribution in [3.05, 3.63) is 83.9 Å². The smallest absolute Gasteiger partial charge is 0.167 e. The number of unbranched alkanes of at least 4 members (excludes halogenated alkanes) is 1. The molecular weight excluding hydrogens is 244 g/mol. The minimum atomic E-state index is -0.203. The number of benzene rings is 2. The highest BCUT2D eigenvalue weighted by molar-refractivity contribution is 5.97. The SMILES string of the molecule is CCC/C=C/C(=O)C(c1ccccc1)c1ccccc1. The van der Waals surface area contributed by atoms with Crippen LogP contribution in [0, 0.1) is 0 Å². The molecule has 2 rings (SSSR count). The molecule has 0 fully saturated rings. The minimum absolute atomic E-state index is 0.149. The van der Waals surface area contributed by atoms with E-state index in [1.165, 1.54) is 0 Å². The molecule has 0 saturated heterocycles. The van der Waals surface area contributed by atoms with Crippen molar-refractivity contribution in [2.75, 3.05) is 0 Å². The Hall–Kier alpha value is -2.15. The lowest BCUT2D eigenvalue weighted by Crippen LogP contribution is -2.11. The second kappa shape index (κ2) is 7.44. The lowest BCUT2D eigenvalue weighted by Gasteiger charge is -2.15. The van der Waals surface area contributed by atoms with E-state index in [0.29, 0.717) is 0 Å². The van der Waals surface area contributed by atoms with Crippen molar-refractivity contribution in [2.45, 2.75) is 25.7 Å². The summed E-state index contributed by atoms with van der Waals surface area (Å²) in [6, 6.07) is 19.9. The average molecular weight is 264 g/mol. The molecule has 1 heteroatoms. The van der Waals surface area contributed by atoms with Crippen molar-refractivity contribution < 1.29 is 4.79 Å². The van der Waals surface area contributed by atoms with Crippen LogP contribution in [-0.2, 0) is 4.79 Å². The summed E-state index contributed by atoms with van der Waals surface area (Å²) in [7, 11) is 0. The topological polar surface area (TPSA) is 17.1 Å². The molecule has 0 amide bonds. The molecular formula is C19H20O. The monoisotopic (exact) mass is 264 g/mol. The number of hydrogen-bond acceptors (Lipinski definition) is 1. The highest BCUT2D eigenvalue weighted by Crippen LogP contribution is 2.25. The largest absolute Gasteiger partial charge is 0.294 e. The molecule has 0 aliphatic carbocycles. The van der Waals surface area contributed by atoms with Crippen LogP contribution in [0.5, 0.6) is 0 Å². The van der Waals surface area contributed by atoms with E-state index in [1.54, 1.807) is 6.08 Å². The summed E-state index contributed by atoms with van der Waals surface area (Å²) in [4.78, 5) is 12.5. The summed E-state index contributed by atoms with van der Waals surface area (Å²) < 4.78 is 0. The van der Waals surface area contributed by atoms with Crippen molar-refractivity contribution in [2.24, 2.45) is 0 Å². The van der Waals surface area contributed by atoms with Crippen LogP contribution in [0.3, 0.4) is 0 Å². The molecule has 0 aliphatic rings. The van der Waals surface area contributed by atoms with Crippen LogP contribution in [0.15, 0.2) is 72.8 Å². The van der Waals surface area contributed by atoms with E-state index in [9.17, 15) is 4.79 Å². The zero-order chi connectivity index (χ0) is 14.2. The van der Waals surface area contributed by atoms with Crippen LogP contribution >= 0.6 is 0 Å². The van der Waals surface area contributed by atoms with Crippen LogP contribution in [0.4, 0.5) is 0 Å². The van der Waals surface area contributed by atoms with Crippen LogP contribution in [0.2, 0.25) is 0 Å². The maximum Gasteiger partial charge on any atom is 0.167 e. The molecule has 0 saturated carbocycles. The van der Waals surface area contributed by atoms with Gasteiger partial charge < -0.3 is 0 Å². The van der Waals surface area contributed by atoms with E-state index < -0.39 is 0 Å². The number of ketones is 1. The molecule has 0 bridgehead atoms. The van der Waals surface area contributed by atoms with Crippen LogP contribution < -0.4 is 0 Å². The molecule has 0 aliphatic heterocycles. The lowest BCUT2D eigenvalue weighted by molar-refractivity contribution is -0.115. The Bertz CT molecular complexity index is 515. The molecule has 0 unspecified atom stereocenters. The fourth-order valence-corrected chi connectivity index (χ4v) is 2.27. The van der Waals surface area contributed by atoms with Gasteiger partial charge >= 0.3 is 0 Å². The fraction of sp³-hybridized carbons (Fsp3) is 0.211. The Morgan fingerprint density at radius 3 is 1.90 bits per heavy atom. The highest BCUT2D eigenvalue weighted by Gasteiger charge is 2.19. The Morgan fingerprint density at radius 1 is 0.950 bits per heavy atom. The Labute approximate surface area is 121 Å². The molecule has 0 heterocycles. The third kappa shape index (κ3) is 3.67. The molecule has 0 N–H and O–H groups in total. The number of carbonyl (C=O) groups is 1. The van der Waals surface area contributed by atoms with Gasteiger partial charge in [0, 0.05) is 0 Å². The summed E-state index contributed by atoms with van der Waals surface area (Å²) >= 11 is 0. The van der Waals surface area contributed by atoms with Gasteiger partial charge in [0.1, 0.15) is 0 Å². The molecule has 0 atom stereocenters. The van der Waals surface area contributed by atoms with Crippen LogP contribution in [0.25, 0.3) is 0 Å². The Balaban J connectivity index is 2.33. The van der Waals surface area contributed by atoms with Gasteiger partial charge in [-0.15, -0.1) is 0 Å². The molecule has 2 aromatic carbocycles. The first-order chi connectivity index (χ1) is 9.83. The summed E-state index contributed by atoms with van der Waals surface area (Å²) in [5, 5.41) is 0. The van der Waals surface area contributed by atoms with E-state index in [0.717, 1.165) is 24.0 Å². The fourth-order valence-electron chi connectivity index (χ4n) is 2.27. The molecule has 102 valence electrons. The molecule has 2 aromatic rings. The standard InChI is InChI=1S/C19H20O/c1-2-3-6-15-18(20)19(16-11-7-4-8-12-16)17-13-9-5-10-14-17/h4-15,19H,2-3H2,1H3/b15-6+. The number of carbonyl (C=O) groups excluding carboxylic acids is 1. The van der Waals surface area contributed by atoms with Crippen molar-refractivity contribution in [1.82, 2.24) is 0 Å². The second-order valence-corrected chi connectivity index (χ2v) is 4.85. The predicted octanol–water partition coefficient (Wildman–Crippen LogP) is 4.74. The number of hydrogen-bond donors (Lipinski definition) is 0.